The highest BCUT2D eigenvalue weighted by Gasteiger charge is 2.05. The van der Waals surface area contributed by atoms with Crippen molar-refractivity contribution in [1.82, 2.24) is 4.90 Å². The standard InChI is InChI=1S/C14H19NO2/c1-4-15(5-2)14(16)11-10-12-8-6-7-9-13(12)17-3/h6-11H,4-5H2,1-3H3/b11-10+. The Morgan fingerprint density at radius 3 is 2.53 bits per heavy atom. The first-order valence-corrected chi connectivity index (χ1v) is 5.82. The lowest BCUT2D eigenvalue weighted by molar-refractivity contribution is -0.125. The van der Waals surface area contributed by atoms with Crippen LogP contribution in [0.5, 0.6) is 5.75 Å². The molecular weight excluding hydrogens is 214 g/mol. The van der Waals surface area contributed by atoms with Gasteiger partial charge < -0.3 is 9.64 Å². The number of ether oxygens (including phenoxy) is 1. The van der Waals surface area contributed by atoms with Crippen molar-refractivity contribution < 1.29 is 9.53 Å². The Bertz CT molecular complexity index is 395. The zero-order valence-electron chi connectivity index (χ0n) is 10.6. The molecule has 1 aromatic carbocycles. The van der Waals surface area contributed by atoms with Crippen molar-refractivity contribution in [3.8, 4) is 5.75 Å². The fourth-order valence-electron chi connectivity index (χ4n) is 1.61. The lowest BCUT2D eigenvalue weighted by Crippen LogP contribution is -2.28. The lowest BCUT2D eigenvalue weighted by Gasteiger charge is -2.15. The van der Waals surface area contributed by atoms with E-state index in [9.17, 15) is 4.79 Å². The molecular formula is C14H19NO2. The van der Waals surface area contributed by atoms with E-state index in [1.165, 1.54) is 0 Å². The molecule has 0 fully saturated rings. The average Bonchev–Trinajstić information content (AvgIpc) is 2.38. The molecule has 0 heterocycles. The van der Waals surface area contributed by atoms with E-state index in [0.717, 1.165) is 24.4 Å². The van der Waals surface area contributed by atoms with E-state index in [2.05, 4.69) is 0 Å². The second-order valence-electron chi connectivity index (χ2n) is 3.59. The van der Waals surface area contributed by atoms with Gasteiger partial charge in [-0.3, -0.25) is 4.79 Å². The maximum atomic E-state index is 11.8. The first-order valence-electron chi connectivity index (χ1n) is 5.82. The Balaban J connectivity index is 2.79. The number of hydrogen-bond acceptors (Lipinski definition) is 2. The molecule has 0 spiro atoms. The van der Waals surface area contributed by atoms with E-state index in [0.29, 0.717) is 0 Å². The molecule has 1 rings (SSSR count). The summed E-state index contributed by atoms with van der Waals surface area (Å²) in [5.74, 6) is 0.803. The van der Waals surface area contributed by atoms with Gasteiger partial charge >= 0.3 is 0 Å². The molecule has 0 unspecified atom stereocenters. The van der Waals surface area contributed by atoms with Crippen LogP contribution in [0.2, 0.25) is 0 Å². The number of methoxy groups -OCH3 is 1. The van der Waals surface area contributed by atoms with E-state index in [1.54, 1.807) is 24.2 Å². The third-order valence-corrected chi connectivity index (χ3v) is 2.62. The zero-order chi connectivity index (χ0) is 12.7. The molecule has 17 heavy (non-hydrogen) atoms. The van der Waals surface area contributed by atoms with Crippen LogP contribution in [0.1, 0.15) is 19.4 Å². The van der Waals surface area contributed by atoms with E-state index in [-0.39, 0.29) is 5.91 Å². The van der Waals surface area contributed by atoms with Gasteiger partial charge in [-0.15, -0.1) is 0 Å². The Labute approximate surface area is 103 Å². The van der Waals surface area contributed by atoms with Crippen LogP contribution in [-0.4, -0.2) is 31.0 Å². The number of likely N-dealkylation sites (N-methyl/N-ethyl adjacent to an activating group) is 1. The second kappa shape index (κ2) is 6.74. The molecule has 0 radical (unpaired) electrons. The number of benzene rings is 1. The Hall–Kier alpha value is -1.77. The molecule has 3 heteroatoms. The van der Waals surface area contributed by atoms with E-state index >= 15 is 0 Å². The minimum atomic E-state index is 0.0286. The topological polar surface area (TPSA) is 29.5 Å². The monoisotopic (exact) mass is 233 g/mol. The predicted molar refractivity (Wildman–Crippen MR) is 70.0 cm³/mol. The highest BCUT2D eigenvalue weighted by atomic mass is 16.5. The minimum absolute atomic E-state index is 0.0286. The van der Waals surface area contributed by atoms with Gasteiger partial charge in [-0.2, -0.15) is 0 Å². The largest absolute Gasteiger partial charge is 0.496 e. The highest BCUT2D eigenvalue weighted by molar-refractivity contribution is 5.92. The van der Waals surface area contributed by atoms with Crippen LogP contribution in [0, 0.1) is 0 Å². The average molecular weight is 233 g/mol. The summed E-state index contributed by atoms with van der Waals surface area (Å²) >= 11 is 0. The van der Waals surface area contributed by atoms with Crippen molar-refractivity contribution >= 4 is 12.0 Å². The summed E-state index contributed by atoms with van der Waals surface area (Å²) in [5, 5.41) is 0. The van der Waals surface area contributed by atoms with Gasteiger partial charge in [0.2, 0.25) is 5.91 Å². The molecule has 3 nitrogen and oxygen atoms in total. The van der Waals surface area contributed by atoms with E-state index in [4.69, 9.17) is 4.74 Å². The van der Waals surface area contributed by atoms with Crippen LogP contribution in [0.3, 0.4) is 0 Å². The smallest absolute Gasteiger partial charge is 0.246 e. The fourth-order valence-corrected chi connectivity index (χ4v) is 1.61. The SMILES string of the molecule is CCN(CC)C(=O)/C=C/c1ccccc1OC. The fraction of sp³-hybridized carbons (Fsp3) is 0.357. The maximum Gasteiger partial charge on any atom is 0.246 e. The van der Waals surface area contributed by atoms with Crippen molar-refractivity contribution in [2.24, 2.45) is 0 Å². The zero-order valence-corrected chi connectivity index (χ0v) is 10.6. The van der Waals surface area contributed by atoms with Gasteiger partial charge in [-0.25, -0.2) is 0 Å². The number of nitrogens with zero attached hydrogens (tertiary/aromatic N) is 1. The number of para-hydroxylation sites is 1. The molecule has 0 saturated heterocycles. The molecule has 0 aliphatic heterocycles. The molecule has 92 valence electrons. The summed E-state index contributed by atoms with van der Waals surface area (Å²) in [4.78, 5) is 13.5. The van der Waals surface area contributed by atoms with Crippen LogP contribution >= 0.6 is 0 Å². The molecule has 0 N–H and O–H groups in total. The lowest BCUT2D eigenvalue weighted by atomic mass is 10.2. The van der Waals surface area contributed by atoms with E-state index in [1.807, 2.05) is 38.1 Å². The van der Waals surface area contributed by atoms with Crippen molar-refractivity contribution in [2.45, 2.75) is 13.8 Å². The van der Waals surface area contributed by atoms with Gasteiger partial charge in [0.05, 0.1) is 7.11 Å². The van der Waals surface area contributed by atoms with Crippen LogP contribution < -0.4 is 4.74 Å². The maximum absolute atomic E-state index is 11.8. The molecule has 0 bridgehead atoms. The van der Waals surface area contributed by atoms with Gasteiger partial charge in [-0.1, -0.05) is 18.2 Å². The summed E-state index contributed by atoms with van der Waals surface area (Å²) < 4.78 is 5.21. The highest BCUT2D eigenvalue weighted by Crippen LogP contribution is 2.18. The molecule has 1 aromatic rings. The van der Waals surface area contributed by atoms with Crippen molar-refractivity contribution in [1.29, 1.82) is 0 Å². The van der Waals surface area contributed by atoms with Gasteiger partial charge in [0, 0.05) is 24.7 Å². The number of hydrogen-bond donors (Lipinski definition) is 0. The number of rotatable bonds is 5. The van der Waals surface area contributed by atoms with Gasteiger partial charge in [0.15, 0.2) is 0 Å². The first-order chi connectivity index (χ1) is 8.22. The Morgan fingerprint density at radius 1 is 1.29 bits per heavy atom. The van der Waals surface area contributed by atoms with Gasteiger partial charge in [-0.05, 0) is 26.0 Å². The molecule has 0 atom stereocenters. The molecule has 0 aromatic heterocycles. The van der Waals surface area contributed by atoms with Crippen molar-refractivity contribution in [3.05, 3.63) is 35.9 Å². The third kappa shape index (κ3) is 3.63. The molecule has 0 saturated carbocycles. The van der Waals surface area contributed by atoms with E-state index < -0.39 is 0 Å². The molecule has 0 aliphatic carbocycles. The summed E-state index contributed by atoms with van der Waals surface area (Å²) in [7, 11) is 1.62. The number of carbonyl (C=O) groups excluding carboxylic acids is 1. The minimum Gasteiger partial charge on any atom is -0.496 e. The van der Waals surface area contributed by atoms with Crippen LogP contribution in [0.15, 0.2) is 30.3 Å². The summed E-state index contributed by atoms with van der Waals surface area (Å²) in [6, 6.07) is 7.62. The number of amides is 1. The third-order valence-electron chi connectivity index (χ3n) is 2.62. The second-order valence-corrected chi connectivity index (χ2v) is 3.59. The normalized spacial score (nSPS) is 10.5. The molecule has 0 aliphatic rings. The summed E-state index contributed by atoms with van der Waals surface area (Å²) in [6.07, 6.45) is 3.38. The van der Waals surface area contributed by atoms with Crippen LogP contribution in [0.25, 0.3) is 6.08 Å². The quantitative estimate of drug-likeness (QED) is 0.731. The predicted octanol–water partition coefficient (Wildman–Crippen LogP) is 2.58. The van der Waals surface area contributed by atoms with Crippen molar-refractivity contribution in [2.75, 3.05) is 20.2 Å². The summed E-state index contributed by atoms with van der Waals surface area (Å²) in [5.41, 5.74) is 0.913. The van der Waals surface area contributed by atoms with Gasteiger partial charge in [0.25, 0.3) is 0 Å². The van der Waals surface area contributed by atoms with Crippen LogP contribution in [0.4, 0.5) is 0 Å². The molecule has 1 amide bonds. The van der Waals surface area contributed by atoms with Crippen LogP contribution in [-0.2, 0) is 4.79 Å². The Kier molecular flexibility index (Phi) is 5.27. The number of carbonyl (C=O) groups is 1. The van der Waals surface area contributed by atoms with Gasteiger partial charge in [0.1, 0.15) is 5.75 Å². The first kappa shape index (κ1) is 13.3. The Morgan fingerprint density at radius 2 is 1.94 bits per heavy atom. The van der Waals surface area contributed by atoms with Crippen molar-refractivity contribution in [3.63, 3.8) is 0 Å². The summed E-state index contributed by atoms with van der Waals surface area (Å²) in [6.45, 7) is 5.40.